The van der Waals surface area contributed by atoms with Gasteiger partial charge in [0.25, 0.3) is 0 Å². The summed E-state index contributed by atoms with van der Waals surface area (Å²) in [5.41, 5.74) is 0.518. The molecule has 0 aromatic heterocycles. The Morgan fingerprint density at radius 3 is 2.41 bits per heavy atom. The van der Waals surface area contributed by atoms with Gasteiger partial charge in [0.05, 0.1) is 50.9 Å². The Morgan fingerprint density at radius 1 is 1.09 bits per heavy atom. The maximum Gasteiger partial charge on any atom is 0.416 e. The van der Waals surface area contributed by atoms with Gasteiger partial charge in [0.15, 0.2) is 11.5 Å². The lowest BCUT2D eigenvalue weighted by molar-refractivity contribution is -0.137. The molecule has 10 heteroatoms. The molecule has 0 spiro atoms. The third-order valence-electron chi connectivity index (χ3n) is 5.14. The van der Waals surface area contributed by atoms with Crippen molar-refractivity contribution < 1.29 is 32.2 Å². The van der Waals surface area contributed by atoms with E-state index in [1.807, 2.05) is 4.90 Å². The SMILES string of the molecule is COc1ccc(N(C)CC(=O)Nc2cc(C(F)(F)F)ccc2N2CCOCC2)cc1OC. The van der Waals surface area contributed by atoms with Gasteiger partial charge in [-0.15, -0.1) is 0 Å². The quantitative estimate of drug-likeness (QED) is 0.691. The molecular formula is C22H26F3N3O4. The topological polar surface area (TPSA) is 63.3 Å². The number of morpholine rings is 1. The van der Waals surface area contributed by atoms with Gasteiger partial charge < -0.3 is 29.3 Å². The van der Waals surface area contributed by atoms with Crippen molar-refractivity contribution in [3.05, 3.63) is 42.0 Å². The van der Waals surface area contributed by atoms with Crippen molar-refractivity contribution in [1.29, 1.82) is 0 Å². The Morgan fingerprint density at radius 2 is 1.78 bits per heavy atom. The highest BCUT2D eigenvalue weighted by Gasteiger charge is 2.32. The molecule has 1 aliphatic heterocycles. The first-order valence-corrected chi connectivity index (χ1v) is 10.00. The first kappa shape index (κ1) is 23.5. The number of methoxy groups -OCH3 is 2. The van der Waals surface area contributed by atoms with Gasteiger partial charge in [-0.2, -0.15) is 13.2 Å². The number of benzene rings is 2. The van der Waals surface area contributed by atoms with Gasteiger partial charge in [-0.05, 0) is 30.3 Å². The molecule has 1 fully saturated rings. The lowest BCUT2D eigenvalue weighted by Crippen LogP contribution is -2.37. The fourth-order valence-corrected chi connectivity index (χ4v) is 3.45. The van der Waals surface area contributed by atoms with Crippen LogP contribution in [0, 0.1) is 0 Å². The van der Waals surface area contributed by atoms with Crippen molar-refractivity contribution in [2.24, 2.45) is 0 Å². The largest absolute Gasteiger partial charge is 0.493 e. The Kier molecular flexibility index (Phi) is 7.34. The number of likely N-dealkylation sites (N-methyl/N-ethyl adjacent to an activating group) is 1. The summed E-state index contributed by atoms with van der Waals surface area (Å²) in [5, 5.41) is 2.65. The van der Waals surface area contributed by atoms with E-state index < -0.39 is 17.6 Å². The first-order chi connectivity index (χ1) is 15.2. The van der Waals surface area contributed by atoms with E-state index in [1.54, 1.807) is 30.1 Å². The van der Waals surface area contributed by atoms with Crippen LogP contribution in [0.1, 0.15) is 5.56 Å². The van der Waals surface area contributed by atoms with Crippen molar-refractivity contribution in [3.63, 3.8) is 0 Å². The summed E-state index contributed by atoms with van der Waals surface area (Å²) < 4.78 is 55.6. The van der Waals surface area contributed by atoms with E-state index in [9.17, 15) is 18.0 Å². The average Bonchev–Trinajstić information content (AvgIpc) is 2.78. The molecular weight excluding hydrogens is 427 g/mol. The number of halogens is 3. The molecule has 0 bridgehead atoms. The minimum atomic E-state index is -4.51. The van der Waals surface area contributed by atoms with E-state index in [4.69, 9.17) is 14.2 Å². The number of nitrogens with zero attached hydrogens (tertiary/aromatic N) is 2. The Labute approximate surface area is 184 Å². The molecule has 2 aromatic rings. The van der Waals surface area contributed by atoms with Gasteiger partial charge in [0.1, 0.15) is 0 Å². The van der Waals surface area contributed by atoms with E-state index in [1.165, 1.54) is 20.3 Å². The molecule has 1 heterocycles. The third-order valence-corrected chi connectivity index (χ3v) is 5.14. The van der Waals surface area contributed by atoms with Crippen LogP contribution < -0.4 is 24.6 Å². The molecule has 0 radical (unpaired) electrons. The number of hydrogen-bond acceptors (Lipinski definition) is 6. The van der Waals surface area contributed by atoms with Gasteiger partial charge in [-0.3, -0.25) is 4.79 Å². The monoisotopic (exact) mass is 453 g/mol. The zero-order chi connectivity index (χ0) is 23.3. The van der Waals surface area contributed by atoms with E-state index in [0.717, 1.165) is 12.1 Å². The minimum absolute atomic E-state index is 0.0751. The van der Waals surface area contributed by atoms with Crippen LogP contribution in [0.25, 0.3) is 0 Å². The number of hydrogen-bond donors (Lipinski definition) is 1. The molecule has 2 aromatic carbocycles. The van der Waals surface area contributed by atoms with Crippen LogP contribution in [-0.4, -0.2) is 60.0 Å². The molecule has 1 aliphatic rings. The number of rotatable bonds is 7. The zero-order valence-corrected chi connectivity index (χ0v) is 18.2. The zero-order valence-electron chi connectivity index (χ0n) is 18.2. The molecule has 174 valence electrons. The van der Waals surface area contributed by atoms with E-state index >= 15 is 0 Å². The van der Waals surface area contributed by atoms with Crippen LogP contribution in [0.15, 0.2) is 36.4 Å². The highest BCUT2D eigenvalue weighted by molar-refractivity contribution is 5.97. The first-order valence-electron chi connectivity index (χ1n) is 10.00. The van der Waals surface area contributed by atoms with Crippen LogP contribution in [0.4, 0.5) is 30.2 Å². The molecule has 1 amide bonds. The molecule has 1 N–H and O–H groups in total. The third kappa shape index (κ3) is 5.56. The van der Waals surface area contributed by atoms with Gasteiger partial charge in [0.2, 0.25) is 5.91 Å². The summed E-state index contributed by atoms with van der Waals surface area (Å²) in [6.45, 7) is 1.92. The van der Waals surface area contributed by atoms with Crippen LogP contribution in [0.2, 0.25) is 0 Å². The maximum absolute atomic E-state index is 13.3. The second-order valence-electron chi connectivity index (χ2n) is 7.27. The lowest BCUT2D eigenvalue weighted by atomic mass is 10.1. The summed E-state index contributed by atoms with van der Waals surface area (Å²) in [4.78, 5) is 16.3. The number of ether oxygens (including phenoxy) is 3. The summed E-state index contributed by atoms with van der Waals surface area (Å²) in [5.74, 6) is 0.606. The second kappa shape index (κ2) is 9.99. The van der Waals surface area contributed by atoms with Crippen molar-refractivity contribution in [2.45, 2.75) is 6.18 Å². The number of carbonyl (C=O) groups is 1. The van der Waals surface area contributed by atoms with Crippen molar-refractivity contribution >= 4 is 23.0 Å². The number of nitrogens with one attached hydrogen (secondary N) is 1. The fourth-order valence-electron chi connectivity index (χ4n) is 3.45. The number of amides is 1. The highest BCUT2D eigenvalue weighted by atomic mass is 19.4. The Hall–Kier alpha value is -3.14. The van der Waals surface area contributed by atoms with Crippen LogP contribution >= 0.6 is 0 Å². The molecule has 32 heavy (non-hydrogen) atoms. The standard InChI is InChI=1S/C22H26F3N3O4/c1-27(16-5-7-19(30-2)20(13-16)31-3)14-21(29)26-17-12-15(22(23,24)25)4-6-18(17)28-8-10-32-11-9-28/h4-7,12-13H,8-11,14H2,1-3H3,(H,26,29). The van der Waals surface area contributed by atoms with Crippen molar-refractivity contribution in [1.82, 2.24) is 0 Å². The second-order valence-corrected chi connectivity index (χ2v) is 7.27. The highest BCUT2D eigenvalue weighted by Crippen LogP contribution is 2.36. The van der Waals surface area contributed by atoms with E-state index in [-0.39, 0.29) is 12.2 Å². The number of carbonyl (C=O) groups excluding carboxylic acids is 1. The predicted molar refractivity (Wildman–Crippen MR) is 116 cm³/mol. The molecule has 3 rings (SSSR count). The van der Waals surface area contributed by atoms with Gasteiger partial charge in [-0.1, -0.05) is 0 Å². The van der Waals surface area contributed by atoms with E-state index in [2.05, 4.69) is 5.32 Å². The van der Waals surface area contributed by atoms with Crippen molar-refractivity contribution in [2.75, 3.05) is 69.2 Å². The fraction of sp³-hybridized carbons (Fsp3) is 0.409. The Bertz CT molecular complexity index is 947. The van der Waals surface area contributed by atoms with Crippen molar-refractivity contribution in [3.8, 4) is 11.5 Å². The molecule has 0 unspecified atom stereocenters. The molecule has 0 atom stereocenters. The predicted octanol–water partition coefficient (Wildman–Crippen LogP) is 3.63. The van der Waals surface area contributed by atoms with E-state index in [0.29, 0.717) is 49.2 Å². The van der Waals surface area contributed by atoms with Gasteiger partial charge >= 0.3 is 6.18 Å². The van der Waals surface area contributed by atoms with Crippen LogP contribution in [0.5, 0.6) is 11.5 Å². The summed E-state index contributed by atoms with van der Waals surface area (Å²) in [7, 11) is 4.74. The summed E-state index contributed by atoms with van der Waals surface area (Å²) in [6.07, 6.45) is -4.51. The number of alkyl halides is 3. The number of anilines is 3. The summed E-state index contributed by atoms with van der Waals surface area (Å²) >= 11 is 0. The summed E-state index contributed by atoms with van der Waals surface area (Å²) in [6, 6.07) is 8.58. The molecule has 1 saturated heterocycles. The molecule has 7 nitrogen and oxygen atoms in total. The van der Waals surface area contributed by atoms with Gasteiger partial charge in [0, 0.05) is 31.9 Å². The average molecular weight is 453 g/mol. The molecule has 0 aliphatic carbocycles. The smallest absolute Gasteiger partial charge is 0.416 e. The Balaban J connectivity index is 1.79. The van der Waals surface area contributed by atoms with Crippen LogP contribution in [-0.2, 0) is 15.7 Å². The minimum Gasteiger partial charge on any atom is -0.493 e. The molecule has 0 saturated carbocycles. The van der Waals surface area contributed by atoms with Gasteiger partial charge in [-0.25, -0.2) is 0 Å². The van der Waals surface area contributed by atoms with Crippen LogP contribution in [0.3, 0.4) is 0 Å². The maximum atomic E-state index is 13.3. The lowest BCUT2D eigenvalue weighted by Gasteiger charge is -2.31. The normalized spacial score (nSPS) is 14.1.